The molecule has 0 spiro atoms. The Labute approximate surface area is 138 Å². The maximum absolute atomic E-state index is 4.84. The van der Waals surface area contributed by atoms with E-state index in [4.69, 9.17) is 9.98 Å². The van der Waals surface area contributed by atoms with Gasteiger partial charge in [0.15, 0.2) is 5.96 Å². The second-order valence-corrected chi connectivity index (χ2v) is 7.08. The van der Waals surface area contributed by atoms with Crippen molar-refractivity contribution in [1.29, 1.82) is 0 Å². The second-order valence-electron chi connectivity index (χ2n) is 7.08. The van der Waals surface area contributed by atoms with E-state index < -0.39 is 0 Å². The zero-order valence-electron chi connectivity index (χ0n) is 14.6. The van der Waals surface area contributed by atoms with Crippen LogP contribution in [0.5, 0.6) is 0 Å². The molecule has 1 fully saturated rings. The van der Waals surface area contributed by atoms with Crippen LogP contribution < -0.4 is 5.32 Å². The number of guanidine groups is 1. The molecule has 3 rings (SSSR count). The zero-order chi connectivity index (χ0) is 16.4. The van der Waals surface area contributed by atoms with Crippen LogP contribution in [0.25, 0.3) is 11.0 Å². The topological polar surface area (TPSA) is 45.5 Å². The van der Waals surface area contributed by atoms with Crippen LogP contribution in [0.4, 0.5) is 0 Å². The molecule has 124 valence electrons. The molecule has 0 amide bonds. The first-order valence-electron chi connectivity index (χ1n) is 8.44. The molecular formula is C18H27N5. The molecule has 1 N–H and O–H groups in total. The van der Waals surface area contributed by atoms with Gasteiger partial charge < -0.3 is 14.8 Å². The van der Waals surface area contributed by atoms with E-state index in [-0.39, 0.29) is 0 Å². The second kappa shape index (κ2) is 6.22. The Bertz CT molecular complexity index is 713. The Morgan fingerprint density at radius 3 is 2.78 bits per heavy atom. The van der Waals surface area contributed by atoms with Gasteiger partial charge in [-0.3, -0.25) is 0 Å². The number of aryl methyl sites for hydroxylation is 1. The van der Waals surface area contributed by atoms with Crippen LogP contribution in [0.15, 0.2) is 29.3 Å². The summed E-state index contributed by atoms with van der Waals surface area (Å²) in [5.74, 6) is 2.00. The van der Waals surface area contributed by atoms with Gasteiger partial charge in [0, 0.05) is 26.7 Å². The molecule has 5 nitrogen and oxygen atoms in total. The first kappa shape index (κ1) is 15.8. The fourth-order valence-electron chi connectivity index (χ4n) is 3.20. The molecule has 2 aromatic rings. The Balaban J connectivity index is 1.81. The molecule has 1 aromatic carbocycles. The Morgan fingerprint density at radius 2 is 2.13 bits per heavy atom. The van der Waals surface area contributed by atoms with Gasteiger partial charge in [0.05, 0.1) is 11.0 Å². The smallest absolute Gasteiger partial charge is 0.194 e. The highest BCUT2D eigenvalue weighted by Gasteiger charge is 2.30. The van der Waals surface area contributed by atoms with Crippen molar-refractivity contribution < 1.29 is 0 Å². The van der Waals surface area contributed by atoms with E-state index in [1.807, 2.05) is 12.1 Å². The van der Waals surface area contributed by atoms with Gasteiger partial charge in [0.25, 0.3) is 0 Å². The molecule has 0 atom stereocenters. The summed E-state index contributed by atoms with van der Waals surface area (Å²) < 4.78 is 2.14. The van der Waals surface area contributed by atoms with Gasteiger partial charge >= 0.3 is 0 Å². The monoisotopic (exact) mass is 313 g/mol. The molecule has 23 heavy (non-hydrogen) atoms. The van der Waals surface area contributed by atoms with Gasteiger partial charge in [-0.15, -0.1) is 0 Å². The van der Waals surface area contributed by atoms with Gasteiger partial charge in [0.2, 0.25) is 0 Å². The molecule has 0 saturated carbocycles. The lowest BCUT2D eigenvalue weighted by molar-refractivity contribution is 0.370. The third-order valence-electron chi connectivity index (χ3n) is 4.56. The molecule has 1 aliphatic rings. The Hall–Kier alpha value is -2.04. The van der Waals surface area contributed by atoms with E-state index in [0.717, 1.165) is 42.5 Å². The van der Waals surface area contributed by atoms with E-state index >= 15 is 0 Å². The summed E-state index contributed by atoms with van der Waals surface area (Å²) in [6.45, 7) is 10.4. The Kier molecular flexibility index (Phi) is 4.28. The van der Waals surface area contributed by atoms with Crippen LogP contribution in [0.2, 0.25) is 0 Å². The van der Waals surface area contributed by atoms with E-state index in [2.05, 4.69) is 54.7 Å². The lowest BCUT2D eigenvalue weighted by Gasteiger charge is -2.23. The summed E-state index contributed by atoms with van der Waals surface area (Å²) in [6, 6.07) is 8.23. The number of rotatable bonds is 3. The van der Waals surface area contributed by atoms with Crippen molar-refractivity contribution in [3.05, 3.63) is 30.1 Å². The van der Waals surface area contributed by atoms with Crippen molar-refractivity contribution in [3.63, 3.8) is 0 Å². The number of aliphatic imine (C=N–C) groups is 1. The van der Waals surface area contributed by atoms with Crippen LogP contribution in [0.3, 0.4) is 0 Å². The minimum Gasteiger partial charge on any atom is -0.357 e. The van der Waals surface area contributed by atoms with Crippen LogP contribution in [-0.4, -0.2) is 40.0 Å². The fourth-order valence-corrected chi connectivity index (χ4v) is 3.20. The standard InChI is InChI=1S/C18H27N5/c1-5-19-17(23-11-10-18(2,3)13-23)20-12-16-21-14-8-6-7-9-15(14)22(16)4/h6-9H,5,10-13H2,1-4H3,(H,19,20). The van der Waals surface area contributed by atoms with Crippen molar-refractivity contribution >= 4 is 17.0 Å². The molecule has 1 saturated heterocycles. The first-order chi connectivity index (χ1) is 11.0. The molecule has 1 aliphatic heterocycles. The molecule has 5 heteroatoms. The van der Waals surface area contributed by atoms with Crippen molar-refractivity contribution in [3.8, 4) is 0 Å². The number of benzene rings is 1. The van der Waals surface area contributed by atoms with Crippen LogP contribution in [-0.2, 0) is 13.6 Å². The minimum atomic E-state index is 0.369. The summed E-state index contributed by atoms with van der Waals surface area (Å²) in [5, 5.41) is 3.42. The average molecular weight is 313 g/mol. The molecular weight excluding hydrogens is 286 g/mol. The van der Waals surface area contributed by atoms with Gasteiger partial charge in [0.1, 0.15) is 12.4 Å². The normalized spacial score (nSPS) is 17.9. The number of hydrogen-bond acceptors (Lipinski definition) is 2. The number of para-hydroxylation sites is 2. The average Bonchev–Trinajstić information content (AvgIpc) is 3.04. The maximum atomic E-state index is 4.84. The molecule has 2 heterocycles. The minimum absolute atomic E-state index is 0.369. The van der Waals surface area contributed by atoms with Crippen molar-refractivity contribution in [2.75, 3.05) is 19.6 Å². The molecule has 0 bridgehead atoms. The number of imidazole rings is 1. The highest BCUT2D eigenvalue weighted by atomic mass is 15.3. The van der Waals surface area contributed by atoms with Gasteiger partial charge in [-0.05, 0) is 30.9 Å². The maximum Gasteiger partial charge on any atom is 0.194 e. The highest BCUT2D eigenvalue weighted by Crippen LogP contribution is 2.28. The molecule has 0 unspecified atom stereocenters. The predicted octanol–water partition coefficient (Wildman–Crippen LogP) is 2.77. The van der Waals surface area contributed by atoms with Crippen molar-refractivity contribution in [1.82, 2.24) is 19.8 Å². The van der Waals surface area contributed by atoms with E-state index in [9.17, 15) is 0 Å². The van der Waals surface area contributed by atoms with Crippen LogP contribution in [0.1, 0.15) is 33.0 Å². The summed E-state index contributed by atoms with van der Waals surface area (Å²) in [5.41, 5.74) is 2.56. The molecule has 0 aliphatic carbocycles. The van der Waals surface area contributed by atoms with E-state index in [1.54, 1.807) is 0 Å². The highest BCUT2D eigenvalue weighted by molar-refractivity contribution is 5.80. The predicted molar refractivity (Wildman–Crippen MR) is 95.5 cm³/mol. The summed E-state index contributed by atoms with van der Waals surface area (Å²) >= 11 is 0. The van der Waals surface area contributed by atoms with Gasteiger partial charge in [-0.1, -0.05) is 26.0 Å². The molecule has 0 radical (unpaired) electrons. The summed E-state index contributed by atoms with van der Waals surface area (Å²) in [6.07, 6.45) is 1.21. The number of hydrogen-bond donors (Lipinski definition) is 1. The summed E-state index contributed by atoms with van der Waals surface area (Å²) in [4.78, 5) is 11.9. The van der Waals surface area contributed by atoms with Crippen molar-refractivity contribution in [2.45, 2.75) is 33.7 Å². The largest absolute Gasteiger partial charge is 0.357 e. The SMILES string of the molecule is CCNC(=NCc1nc2ccccc2n1C)N1CCC(C)(C)C1. The first-order valence-corrected chi connectivity index (χ1v) is 8.44. The number of nitrogens with one attached hydrogen (secondary N) is 1. The number of likely N-dealkylation sites (tertiary alicyclic amines) is 1. The van der Waals surface area contributed by atoms with Gasteiger partial charge in [-0.2, -0.15) is 0 Å². The number of fused-ring (bicyclic) bond motifs is 1. The lowest BCUT2D eigenvalue weighted by atomic mass is 9.93. The van der Waals surface area contributed by atoms with Crippen molar-refractivity contribution in [2.24, 2.45) is 17.5 Å². The van der Waals surface area contributed by atoms with Crippen LogP contribution in [0, 0.1) is 5.41 Å². The van der Waals surface area contributed by atoms with Gasteiger partial charge in [-0.25, -0.2) is 9.98 Å². The third-order valence-corrected chi connectivity index (χ3v) is 4.56. The molecule has 1 aromatic heterocycles. The summed E-state index contributed by atoms with van der Waals surface area (Å²) in [7, 11) is 2.06. The third kappa shape index (κ3) is 3.33. The number of aromatic nitrogens is 2. The van der Waals surface area contributed by atoms with E-state index in [0.29, 0.717) is 12.0 Å². The van der Waals surface area contributed by atoms with Crippen LogP contribution >= 0.6 is 0 Å². The van der Waals surface area contributed by atoms with E-state index in [1.165, 1.54) is 6.42 Å². The number of nitrogens with zero attached hydrogens (tertiary/aromatic N) is 4. The fraction of sp³-hybridized carbons (Fsp3) is 0.556. The Morgan fingerprint density at radius 1 is 1.35 bits per heavy atom. The zero-order valence-corrected chi connectivity index (χ0v) is 14.6. The lowest BCUT2D eigenvalue weighted by Crippen LogP contribution is -2.40. The quantitative estimate of drug-likeness (QED) is 0.700.